The van der Waals surface area contributed by atoms with Crippen LogP contribution in [0.2, 0.25) is 0 Å². The van der Waals surface area contributed by atoms with Crippen molar-refractivity contribution in [3.05, 3.63) is 235 Å². The van der Waals surface area contributed by atoms with Crippen LogP contribution in [0.25, 0.3) is 97.2 Å². The fraction of sp³-hybridized carbons (Fsp3) is 0.0952. The maximum atomic E-state index is 10.1. The van der Waals surface area contributed by atoms with Crippen molar-refractivity contribution in [2.45, 2.75) is 38.2 Å². The van der Waals surface area contributed by atoms with Crippen molar-refractivity contribution in [3.8, 4) is 22.4 Å². The Morgan fingerprint density at radius 1 is 0.380 bits per heavy atom. The minimum atomic E-state index is -3.20. The number of benzene rings is 6. The average Bonchev–Trinajstić information content (AvgIpc) is 2.14. The maximum absolute atomic E-state index is 10.1. The molecule has 0 spiro atoms. The summed E-state index contributed by atoms with van der Waals surface area (Å²) in [4.78, 5) is 22.8. The highest BCUT2D eigenvalue weighted by Gasteiger charge is 2.16. The molecule has 0 aliphatic carbocycles. The number of hydrogen-bond acceptors (Lipinski definition) is 6. The summed E-state index contributed by atoms with van der Waals surface area (Å²) in [5, 5.41) is 5.25. The quantitative estimate of drug-likeness (QED) is 0.121. The molecule has 0 unspecified atom stereocenters. The van der Waals surface area contributed by atoms with Gasteiger partial charge in [0, 0.05) is 82.3 Å². The third kappa shape index (κ3) is 7.38. The van der Waals surface area contributed by atoms with Crippen molar-refractivity contribution < 1.29 is 16.4 Å². The lowest BCUT2D eigenvalue weighted by Crippen LogP contribution is -2.02. The number of aryl methyl sites for hydroxylation is 6. The highest BCUT2D eigenvalue weighted by Crippen LogP contribution is 2.38. The zero-order valence-electron chi connectivity index (χ0n) is 49.6. The standard InChI is InChI=1S/C63H45N7S/c1-2-10-45(11-3-1)55-32-54(46-24-25-51-50-14-8-9-17-60(50)71-61(51)31-46)47(35-66-55)23-22-42-27-40(18-20-43-29-56-62(67-33-43)52-15-6-4-12-48(52)58-36-64-38-69(56)58)26-41(28-42)19-21-44-30-57-63(68-34-44)53-16-7-5-13-49(53)59-37-65-39-70(57)59/h1-17,24-39H,18-23H2/i18D2,19D2,20D2,21D2,22D2,23D2. The van der Waals surface area contributed by atoms with Gasteiger partial charge in [-0.05, 0) is 113 Å². The molecule has 0 saturated heterocycles. The summed E-state index contributed by atoms with van der Waals surface area (Å²) in [6.07, 6.45) is -8.40. The minimum Gasteiger partial charge on any atom is -0.297 e. The van der Waals surface area contributed by atoms with Crippen LogP contribution in [0, 0.1) is 0 Å². The van der Waals surface area contributed by atoms with E-state index in [1.807, 2.05) is 121 Å². The van der Waals surface area contributed by atoms with Crippen molar-refractivity contribution in [3.63, 3.8) is 0 Å². The number of thiophene rings is 1. The van der Waals surface area contributed by atoms with Gasteiger partial charge < -0.3 is 0 Å². The van der Waals surface area contributed by atoms with E-state index in [2.05, 4.69) is 9.97 Å². The summed E-state index contributed by atoms with van der Waals surface area (Å²) in [5.41, 5.74) is 3.01. The van der Waals surface area contributed by atoms with Crippen LogP contribution < -0.4 is 0 Å². The number of pyridine rings is 5. The Balaban J connectivity index is 0.953. The van der Waals surface area contributed by atoms with Crippen LogP contribution in [0.4, 0.5) is 0 Å². The van der Waals surface area contributed by atoms with Gasteiger partial charge in [-0.2, -0.15) is 0 Å². The summed E-state index contributed by atoms with van der Waals surface area (Å²) in [7, 11) is 0. The molecule has 71 heavy (non-hydrogen) atoms. The molecule has 8 heterocycles. The van der Waals surface area contributed by atoms with Crippen LogP contribution in [-0.4, -0.2) is 33.7 Å². The molecule has 8 heteroatoms. The van der Waals surface area contributed by atoms with Gasteiger partial charge in [-0.3, -0.25) is 23.8 Å². The molecule has 6 aromatic carbocycles. The SMILES string of the molecule is [2H]C([2H])(c1cc(C([2H])([2H])C([2H])([2H])c2cnc3c4ccccc4c4cncn4c3c2)cc(C([2H])([2H])C([2H])([2H])c2cnc(-c3ccccc3)cc2-c2ccc3c(c2)sc2ccccc23)c1)C([2H])([2H])c1cnc2c3ccccc3c3cncn3c2c1. The van der Waals surface area contributed by atoms with Crippen molar-refractivity contribution >= 4 is 86.2 Å². The monoisotopic (exact) mass is 943 g/mol. The molecule has 8 aromatic heterocycles. The Bertz CT molecular complexity index is 4780. The van der Waals surface area contributed by atoms with Crippen LogP contribution in [0.5, 0.6) is 0 Å². The first-order valence-corrected chi connectivity index (χ1v) is 23.9. The fourth-order valence-electron chi connectivity index (χ4n) is 9.75. The summed E-state index contributed by atoms with van der Waals surface area (Å²) in [5.74, 6) is 0. The first kappa shape index (κ1) is 30.8. The molecule has 0 atom stereocenters. The summed E-state index contributed by atoms with van der Waals surface area (Å²) < 4.78 is 124. The molecule has 0 saturated carbocycles. The van der Waals surface area contributed by atoms with E-state index < -0.39 is 54.9 Å². The van der Waals surface area contributed by atoms with Crippen molar-refractivity contribution in [2.24, 2.45) is 0 Å². The van der Waals surface area contributed by atoms with Gasteiger partial charge in [-0.1, -0.05) is 127 Å². The fourth-order valence-corrected chi connectivity index (χ4v) is 10.9. The zero-order chi connectivity index (χ0) is 57.6. The van der Waals surface area contributed by atoms with E-state index in [0.29, 0.717) is 49.9 Å². The Labute approximate surface area is 430 Å². The van der Waals surface area contributed by atoms with Crippen LogP contribution >= 0.6 is 11.3 Å². The molecule has 14 aromatic rings. The second-order valence-electron chi connectivity index (χ2n) is 17.4. The van der Waals surface area contributed by atoms with E-state index in [-0.39, 0.29) is 16.7 Å². The van der Waals surface area contributed by atoms with Crippen LogP contribution in [0.1, 0.15) is 49.8 Å². The third-order valence-electron chi connectivity index (χ3n) is 13.1. The molecule has 14 rings (SSSR count). The smallest absolute Gasteiger partial charge is 0.0997 e. The summed E-state index contributed by atoms with van der Waals surface area (Å²) in [6, 6.07) is 45.9. The molecule has 0 amide bonds. The number of rotatable bonds is 11. The van der Waals surface area contributed by atoms with Crippen LogP contribution in [-0.2, 0) is 38.2 Å². The number of fused-ring (bicyclic) bond motifs is 15. The van der Waals surface area contributed by atoms with E-state index in [4.69, 9.17) is 15.0 Å². The first-order chi connectivity index (χ1) is 39.7. The van der Waals surface area contributed by atoms with Gasteiger partial charge >= 0.3 is 0 Å². The van der Waals surface area contributed by atoms with Gasteiger partial charge in [0.1, 0.15) is 0 Å². The highest BCUT2D eigenvalue weighted by atomic mass is 32.1. The molecule has 7 nitrogen and oxygen atoms in total. The highest BCUT2D eigenvalue weighted by molar-refractivity contribution is 7.25. The van der Waals surface area contributed by atoms with E-state index in [1.165, 1.54) is 30.7 Å². The van der Waals surface area contributed by atoms with E-state index in [0.717, 1.165) is 65.5 Å². The van der Waals surface area contributed by atoms with Crippen LogP contribution in [0.3, 0.4) is 0 Å². The largest absolute Gasteiger partial charge is 0.297 e. The number of nitrogens with zero attached hydrogens (tertiary/aromatic N) is 7. The van der Waals surface area contributed by atoms with E-state index in [1.54, 1.807) is 51.3 Å². The molecule has 0 aliphatic rings. The Hall–Kier alpha value is -8.59. The Kier molecular flexibility index (Phi) is 7.43. The number of aromatic nitrogens is 7. The van der Waals surface area contributed by atoms with Gasteiger partial charge in [0.25, 0.3) is 0 Å². The van der Waals surface area contributed by atoms with Gasteiger partial charge in [0.15, 0.2) is 0 Å². The second kappa shape index (κ2) is 17.1. The van der Waals surface area contributed by atoms with Crippen LogP contribution in [0.15, 0.2) is 201 Å². The van der Waals surface area contributed by atoms with E-state index >= 15 is 0 Å². The average molecular weight is 944 g/mol. The predicted molar refractivity (Wildman–Crippen MR) is 293 cm³/mol. The molecule has 0 N–H and O–H groups in total. The zero-order valence-corrected chi connectivity index (χ0v) is 38.4. The second-order valence-corrected chi connectivity index (χ2v) is 18.5. The number of imidazole rings is 2. The van der Waals surface area contributed by atoms with Gasteiger partial charge in [-0.15, -0.1) is 11.3 Å². The predicted octanol–water partition coefficient (Wildman–Crippen LogP) is 14.8. The van der Waals surface area contributed by atoms with Gasteiger partial charge in [0.05, 0.1) is 63.8 Å². The van der Waals surface area contributed by atoms with Gasteiger partial charge in [-0.25, -0.2) is 9.97 Å². The molecule has 338 valence electrons. The molecular formula is C63H45N7S. The van der Waals surface area contributed by atoms with Crippen molar-refractivity contribution in [1.82, 2.24) is 33.7 Å². The molecule has 0 bridgehead atoms. The molecule has 0 aliphatic heterocycles. The minimum absolute atomic E-state index is 0.174. The summed E-state index contributed by atoms with van der Waals surface area (Å²) in [6.45, 7) is 0. The van der Waals surface area contributed by atoms with Crippen molar-refractivity contribution in [2.75, 3.05) is 0 Å². The normalized spacial score (nSPS) is 15.7. The Morgan fingerprint density at radius 3 is 1.52 bits per heavy atom. The number of hydrogen-bond donors (Lipinski definition) is 0. The summed E-state index contributed by atoms with van der Waals surface area (Å²) >= 11 is 1.57. The topological polar surface area (TPSA) is 73.3 Å². The molecular weight excluding hydrogens is 887 g/mol. The molecule has 0 fully saturated rings. The first-order valence-electron chi connectivity index (χ1n) is 29.1. The third-order valence-corrected chi connectivity index (χ3v) is 14.2. The van der Waals surface area contributed by atoms with Crippen molar-refractivity contribution in [1.29, 1.82) is 0 Å². The lowest BCUT2D eigenvalue weighted by atomic mass is 9.92. The van der Waals surface area contributed by atoms with Gasteiger partial charge in [0.2, 0.25) is 0 Å². The Morgan fingerprint density at radius 2 is 0.901 bits per heavy atom. The van der Waals surface area contributed by atoms with E-state index in [9.17, 15) is 16.4 Å². The lowest BCUT2D eigenvalue weighted by molar-refractivity contribution is 0.898. The maximum Gasteiger partial charge on any atom is 0.0997 e. The lowest BCUT2D eigenvalue weighted by Gasteiger charge is -2.15. The molecule has 0 radical (unpaired) electrons.